The quantitative estimate of drug-likeness (QED) is 0.418. The number of fused-ring (bicyclic) bond motifs is 5. The fourth-order valence-electron chi connectivity index (χ4n) is 4.42. The number of aliphatic imine (C=N–C) groups is 1. The van der Waals surface area contributed by atoms with Gasteiger partial charge in [-0.1, -0.05) is 13.8 Å². The van der Waals surface area contributed by atoms with Gasteiger partial charge in [-0.3, -0.25) is 4.99 Å². The molecule has 4 rings (SSSR count). The normalized spacial score (nSPS) is 30.7. The van der Waals surface area contributed by atoms with Gasteiger partial charge >= 0.3 is 0 Å². The van der Waals surface area contributed by atoms with Crippen LogP contribution in [0.3, 0.4) is 0 Å². The molecule has 0 aliphatic carbocycles. The molecule has 3 aliphatic heterocycles. The van der Waals surface area contributed by atoms with Crippen LogP contribution in [-0.2, 0) is 11.2 Å². The maximum Gasteiger partial charge on any atom is 0.193 e. The zero-order valence-electron chi connectivity index (χ0n) is 15.2. The molecule has 4 atom stereocenters. The van der Waals surface area contributed by atoms with E-state index in [1.54, 1.807) is 6.26 Å². The molecule has 0 radical (unpaired) electrons. The molecule has 4 heterocycles. The summed E-state index contributed by atoms with van der Waals surface area (Å²) in [6.07, 6.45) is 6.14. The summed E-state index contributed by atoms with van der Waals surface area (Å²) in [5.74, 6) is 4.09. The number of nitrogens with one attached hydrogen (secondary N) is 1. The van der Waals surface area contributed by atoms with Crippen molar-refractivity contribution in [2.45, 2.75) is 45.3 Å². The van der Waals surface area contributed by atoms with Gasteiger partial charge in [0.15, 0.2) is 5.96 Å². The van der Waals surface area contributed by atoms with Crippen LogP contribution in [0.4, 0.5) is 0 Å². The number of guanidine groups is 1. The van der Waals surface area contributed by atoms with Crippen LogP contribution in [0, 0.1) is 17.8 Å². The monoisotopic (exact) mass is 459 g/mol. The number of furan rings is 1. The summed E-state index contributed by atoms with van der Waals surface area (Å²) < 4.78 is 11.5. The highest BCUT2D eigenvalue weighted by atomic mass is 127. The Labute approximate surface area is 167 Å². The SMILES string of the molecule is CC(C)CN=C(NCCc1ccco1)N1CC2C3CCC(O3)C2C1.I. The highest BCUT2D eigenvalue weighted by Gasteiger charge is 2.53. The lowest BCUT2D eigenvalue weighted by atomic mass is 9.82. The van der Waals surface area contributed by atoms with Crippen molar-refractivity contribution in [3.05, 3.63) is 24.2 Å². The van der Waals surface area contributed by atoms with Gasteiger partial charge in [-0.2, -0.15) is 0 Å². The van der Waals surface area contributed by atoms with Crippen molar-refractivity contribution in [3.8, 4) is 0 Å². The molecule has 1 N–H and O–H groups in total. The minimum absolute atomic E-state index is 0. The van der Waals surface area contributed by atoms with Crippen LogP contribution in [0.25, 0.3) is 0 Å². The van der Waals surface area contributed by atoms with Crippen LogP contribution >= 0.6 is 24.0 Å². The molecule has 0 aromatic carbocycles. The summed E-state index contributed by atoms with van der Waals surface area (Å²) in [7, 11) is 0. The van der Waals surface area contributed by atoms with Crippen molar-refractivity contribution >= 4 is 29.9 Å². The Hall–Kier alpha value is -0.760. The van der Waals surface area contributed by atoms with E-state index in [4.69, 9.17) is 14.1 Å². The maximum atomic E-state index is 6.10. The fourth-order valence-corrected chi connectivity index (χ4v) is 4.42. The van der Waals surface area contributed by atoms with Gasteiger partial charge in [0.05, 0.1) is 18.5 Å². The Morgan fingerprint density at radius 3 is 2.60 bits per heavy atom. The second-order valence-corrected chi connectivity index (χ2v) is 7.84. The first kappa shape index (κ1) is 19.0. The van der Waals surface area contributed by atoms with Crippen molar-refractivity contribution in [1.82, 2.24) is 10.2 Å². The number of ether oxygens (including phenoxy) is 1. The summed E-state index contributed by atoms with van der Waals surface area (Å²) in [5, 5.41) is 3.57. The average Bonchev–Trinajstić information content (AvgIpc) is 3.32. The van der Waals surface area contributed by atoms with Crippen LogP contribution in [0.1, 0.15) is 32.4 Å². The van der Waals surface area contributed by atoms with Crippen molar-refractivity contribution < 1.29 is 9.15 Å². The third-order valence-electron chi connectivity index (χ3n) is 5.59. The van der Waals surface area contributed by atoms with E-state index < -0.39 is 0 Å². The van der Waals surface area contributed by atoms with E-state index in [1.165, 1.54) is 12.8 Å². The van der Waals surface area contributed by atoms with Crippen LogP contribution in [0.15, 0.2) is 27.8 Å². The summed E-state index contributed by atoms with van der Waals surface area (Å²) >= 11 is 0. The molecular formula is C19H30IN3O2. The Kier molecular flexibility index (Phi) is 6.30. The highest BCUT2D eigenvalue weighted by molar-refractivity contribution is 14.0. The van der Waals surface area contributed by atoms with Crippen molar-refractivity contribution in [3.63, 3.8) is 0 Å². The molecule has 6 heteroatoms. The third-order valence-corrected chi connectivity index (χ3v) is 5.59. The van der Waals surface area contributed by atoms with Gasteiger partial charge in [0.25, 0.3) is 0 Å². The van der Waals surface area contributed by atoms with Gasteiger partial charge in [-0.25, -0.2) is 0 Å². The molecule has 1 aromatic heterocycles. The van der Waals surface area contributed by atoms with Crippen LogP contribution in [0.2, 0.25) is 0 Å². The van der Waals surface area contributed by atoms with Gasteiger partial charge in [-0.05, 0) is 30.9 Å². The molecule has 0 spiro atoms. The van der Waals surface area contributed by atoms with E-state index in [-0.39, 0.29) is 24.0 Å². The number of rotatable bonds is 5. The fraction of sp³-hybridized carbons (Fsp3) is 0.737. The first-order valence-corrected chi connectivity index (χ1v) is 9.42. The van der Waals surface area contributed by atoms with E-state index in [2.05, 4.69) is 24.1 Å². The Morgan fingerprint density at radius 1 is 1.28 bits per heavy atom. The molecule has 3 fully saturated rings. The van der Waals surface area contributed by atoms with Crippen molar-refractivity contribution in [2.24, 2.45) is 22.7 Å². The van der Waals surface area contributed by atoms with Crippen LogP contribution < -0.4 is 5.32 Å². The Bertz CT molecular complexity index is 557. The second-order valence-electron chi connectivity index (χ2n) is 7.84. The van der Waals surface area contributed by atoms with E-state index in [9.17, 15) is 0 Å². The van der Waals surface area contributed by atoms with E-state index in [0.717, 1.165) is 44.3 Å². The minimum Gasteiger partial charge on any atom is -0.469 e. The number of hydrogen-bond acceptors (Lipinski definition) is 3. The van der Waals surface area contributed by atoms with E-state index in [1.807, 2.05) is 12.1 Å². The maximum absolute atomic E-state index is 6.10. The third kappa shape index (κ3) is 4.15. The molecule has 5 nitrogen and oxygen atoms in total. The largest absolute Gasteiger partial charge is 0.469 e. The number of halogens is 1. The van der Waals surface area contributed by atoms with Gasteiger partial charge in [0.2, 0.25) is 0 Å². The standard InChI is InChI=1S/C19H29N3O2.HI/c1-13(2)10-21-19(20-8-7-14-4-3-9-23-14)22-11-15-16(12-22)18-6-5-17(15)24-18;/h3-4,9,13,15-18H,5-8,10-12H2,1-2H3,(H,20,21);1H. The minimum atomic E-state index is 0. The average molecular weight is 459 g/mol. The smallest absolute Gasteiger partial charge is 0.193 e. The molecule has 3 aliphatic rings. The predicted octanol–water partition coefficient (Wildman–Crippen LogP) is 3.15. The molecule has 2 bridgehead atoms. The number of hydrogen-bond donors (Lipinski definition) is 1. The molecule has 140 valence electrons. The molecule has 4 unspecified atom stereocenters. The first-order valence-electron chi connectivity index (χ1n) is 9.42. The molecule has 0 saturated carbocycles. The van der Waals surface area contributed by atoms with Crippen LogP contribution in [-0.4, -0.2) is 49.2 Å². The molecule has 1 aromatic rings. The lowest BCUT2D eigenvalue weighted by molar-refractivity contribution is 0.0767. The number of nitrogens with zero attached hydrogens (tertiary/aromatic N) is 2. The molecule has 25 heavy (non-hydrogen) atoms. The summed E-state index contributed by atoms with van der Waals surface area (Å²) in [4.78, 5) is 7.35. The highest BCUT2D eigenvalue weighted by Crippen LogP contribution is 2.47. The van der Waals surface area contributed by atoms with E-state index >= 15 is 0 Å². The zero-order chi connectivity index (χ0) is 16.5. The Balaban J connectivity index is 0.00000182. The van der Waals surface area contributed by atoms with E-state index in [0.29, 0.717) is 30.0 Å². The molecular weight excluding hydrogens is 429 g/mol. The van der Waals surface area contributed by atoms with Gasteiger partial charge < -0.3 is 19.4 Å². The second kappa shape index (κ2) is 8.29. The molecule has 3 saturated heterocycles. The number of likely N-dealkylation sites (tertiary alicyclic amines) is 1. The van der Waals surface area contributed by atoms with Crippen LogP contribution in [0.5, 0.6) is 0 Å². The van der Waals surface area contributed by atoms with Gasteiger partial charge in [0.1, 0.15) is 5.76 Å². The molecule has 0 amide bonds. The summed E-state index contributed by atoms with van der Waals surface area (Å²) in [6, 6.07) is 3.97. The predicted molar refractivity (Wildman–Crippen MR) is 109 cm³/mol. The summed E-state index contributed by atoms with van der Waals surface area (Å²) in [6.45, 7) is 8.36. The lowest BCUT2D eigenvalue weighted by Gasteiger charge is -2.24. The Morgan fingerprint density at radius 2 is 2.00 bits per heavy atom. The van der Waals surface area contributed by atoms with Gasteiger partial charge in [-0.15, -0.1) is 24.0 Å². The zero-order valence-corrected chi connectivity index (χ0v) is 17.5. The van der Waals surface area contributed by atoms with Gasteiger partial charge in [0, 0.05) is 44.4 Å². The van der Waals surface area contributed by atoms with Crippen molar-refractivity contribution in [1.29, 1.82) is 0 Å². The summed E-state index contributed by atoms with van der Waals surface area (Å²) in [5.41, 5.74) is 0. The van der Waals surface area contributed by atoms with Crippen molar-refractivity contribution in [2.75, 3.05) is 26.2 Å². The first-order chi connectivity index (χ1) is 11.7. The topological polar surface area (TPSA) is 50.0 Å². The lowest BCUT2D eigenvalue weighted by Crippen LogP contribution is -2.42.